The Balaban J connectivity index is 1.91. The molecule has 3 rings (SSSR count). The van der Waals surface area contributed by atoms with Crippen molar-refractivity contribution in [1.29, 1.82) is 0 Å². The highest BCUT2D eigenvalue weighted by Crippen LogP contribution is 2.39. The highest BCUT2D eigenvalue weighted by atomic mass is 32.2. The maximum absolute atomic E-state index is 2.34. The van der Waals surface area contributed by atoms with E-state index in [1.807, 2.05) is 11.9 Å². The van der Waals surface area contributed by atoms with Crippen LogP contribution in [0, 0.1) is 6.92 Å². The van der Waals surface area contributed by atoms with Gasteiger partial charge in [-0.25, -0.2) is 0 Å². The summed E-state index contributed by atoms with van der Waals surface area (Å²) in [6.45, 7) is 3.14. The third-order valence-electron chi connectivity index (χ3n) is 2.78. The lowest BCUT2D eigenvalue weighted by Crippen LogP contribution is -2.06. The third kappa shape index (κ3) is 1.69. The van der Waals surface area contributed by atoms with Crippen molar-refractivity contribution < 1.29 is 0 Å². The Morgan fingerprint density at radius 3 is 2.75 bits per heavy atom. The molecule has 0 N–H and O–H groups in total. The standard InChI is InChI=1S/C14H13NS/c1-11-5-4-7-13(9-11)15-10-12-6-2-3-8-14(12)16-15/h2-9H,10H2,1H3. The van der Waals surface area contributed by atoms with Crippen LogP contribution in [-0.4, -0.2) is 0 Å². The van der Waals surface area contributed by atoms with E-state index in [0.29, 0.717) is 0 Å². The van der Waals surface area contributed by atoms with Crippen molar-refractivity contribution in [2.75, 3.05) is 4.31 Å². The largest absolute Gasteiger partial charge is 0.308 e. The van der Waals surface area contributed by atoms with Crippen LogP contribution in [0.5, 0.6) is 0 Å². The minimum absolute atomic E-state index is 1.00. The van der Waals surface area contributed by atoms with Gasteiger partial charge in [0.25, 0.3) is 0 Å². The number of aryl methyl sites for hydroxylation is 1. The molecule has 0 saturated carbocycles. The maximum atomic E-state index is 2.34. The van der Waals surface area contributed by atoms with Gasteiger partial charge < -0.3 is 4.31 Å². The molecule has 2 aromatic rings. The molecule has 0 saturated heterocycles. The Bertz CT molecular complexity index is 497. The number of anilines is 1. The summed E-state index contributed by atoms with van der Waals surface area (Å²) in [5, 5.41) is 0. The van der Waals surface area contributed by atoms with E-state index in [9.17, 15) is 0 Å². The Morgan fingerprint density at radius 1 is 1.06 bits per heavy atom. The first-order chi connectivity index (χ1) is 7.83. The van der Waals surface area contributed by atoms with Gasteiger partial charge in [-0.05, 0) is 48.2 Å². The highest BCUT2D eigenvalue weighted by molar-refractivity contribution is 8.01. The zero-order valence-electron chi connectivity index (χ0n) is 9.18. The number of nitrogens with zero attached hydrogens (tertiary/aromatic N) is 1. The Hall–Kier alpha value is -1.41. The topological polar surface area (TPSA) is 3.24 Å². The molecule has 0 amide bonds. The first-order valence-corrected chi connectivity index (χ1v) is 6.20. The monoisotopic (exact) mass is 227 g/mol. The average molecular weight is 227 g/mol. The van der Waals surface area contributed by atoms with Gasteiger partial charge >= 0.3 is 0 Å². The summed E-state index contributed by atoms with van der Waals surface area (Å²) >= 11 is 1.83. The van der Waals surface area contributed by atoms with Crippen molar-refractivity contribution in [2.24, 2.45) is 0 Å². The van der Waals surface area contributed by atoms with Crippen LogP contribution in [0.4, 0.5) is 5.69 Å². The summed E-state index contributed by atoms with van der Waals surface area (Å²) in [6.07, 6.45) is 0. The highest BCUT2D eigenvalue weighted by Gasteiger charge is 2.19. The molecule has 0 spiro atoms. The molecule has 1 nitrogen and oxygen atoms in total. The molecule has 0 fully saturated rings. The molecule has 0 aliphatic carbocycles. The fraction of sp³-hybridized carbons (Fsp3) is 0.143. The molecule has 0 radical (unpaired) electrons. The van der Waals surface area contributed by atoms with E-state index in [4.69, 9.17) is 0 Å². The molecule has 0 atom stereocenters. The first kappa shape index (κ1) is 9.79. The Kier molecular flexibility index (Phi) is 2.37. The van der Waals surface area contributed by atoms with Crippen molar-refractivity contribution in [3.05, 3.63) is 59.7 Å². The van der Waals surface area contributed by atoms with Crippen LogP contribution in [0.2, 0.25) is 0 Å². The molecule has 2 aromatic carbocycles. The van der Waals surface area contributed by atoms with Crippen molar-refractivity contribution >= 4 is 17.6 Å². The number of benzene rings is 2. The van der Waals surface area contributed by atoms with Gasteiger partial charge in [0.15, 0.2) is 0 Å². The van der Waals surface area contributed by atoms with Crippen LogP contribution in [0.3, 0.4) is 0 Å². The summed E-state index contributed by atoms with van der Waals surface area (Å²) < 4.78 is 2.34. The van der Waals surface area contributed by atoms with Crippen LogP contribution in [0.25, 0.3) is 0 Å². The molecule has 2 heteroatoms. The molecule has 16 heavy (non-hydrogen) atoms. The van der Waals surface area contributed by atoms with Gasteiger partial charge in [0.2, 0.25) is 0 Å². The first-order valence-electron chi connectivity index (χ1n) is 5.43. The second-order valence-electron chi connectivity index (χ2n) is 4.07. The zero-order valence-corrected chi connectivity index (χ0v) is 10.00. The van der Waals surface area contributed by atoms with Gasteiger partial charge in [-0.2, -0.15) is 0 Å². The smallest absolute Gasteiger partial charge is 0.0561 e. The van der Waals surface area contributed by atoms with E-state index in [1.54, 1.807) is 0 Å². The molecule has 80 valence electrons. The quantitative estimate of drug-likeness (QED) is 0.677. The van der Waals surface area contributed by atoms with Gasteiger partial charge in [-0.1, -0.05) is 30.3 Å². The lowest BCUT2D eigenvalue weighted by molar-refractivity contribution is 1.06. The summed E-state index contributed by atoms with van der Waals surface area (Å²) in [4.78, 5) is 1.38. The van der Waals surface area contributed by atoms with E-state index >= 15 is 0 Å². The summed E-state index contributed by atoms with van der Waals surface area (Å²) in [7, 11) is 0. The lowest BCUT2D eigenvalue weighted by Gasteiger charge is -2.16. The van der Waals surface area contributed by atoms with Crippen molar-refractivity contribution in [1.82, 2.24) is 0 Å². The van der Waals surface area contributed by atoms with Crippen LogP contribution in [-0.2, 0) is 6.54 Å². The van der Waals surface area contributed by atoms with Gasteiger partial charge in [-0.15, -0.1) is 0 Å². The van der Waals surface area contributed by atoms with E-state index in [0.717, 1.165) is 6.54 Å². The van der Waals surface area contributed by atoms with Gasteiger partial charge in [-0.3, -0.25) is 0 Å². The van der Waals surface area contributed by atoms with Gasteiger partial charge in [0.1, 0.15) is 0 Å². The van der Waals surface area contributed by atoms with Crippen LogP contribution in [0.1, 0.15) is 11.1 Å². The zero-order chi connectivity index (χ0) is 11.0. The Labute approximate surface area is 100 Å². The fourth-order valence-electron chi connectivity index (χ4n) is 1.96. The molecular formula is C14H13NS. The van der Waals surface area contributed by atoms with Crippen LogP contribution < -0.4 is 4.31 Å². The second-order valence-corrected chi connectivity index (χ2v) is 5.14. The summed E-state index contributed by atoms with van der Waals surface area (Å²) in [6, 6.07) is 17.3. The van der Waals surface area contributed by atoms with Crippen molar-refractivity contribution in [2.45, 2.75) is 18.4 Å². The predicted molar refractivity (Wildman–Crippen MR) is 69.7 cm³/mol. The SMILES string of the molecule is Cc1cccc(N2Cc3ccccc3S2)c1. The number of rotatable bonds is 1. The Morgan fingerprint density at radius 2 is 1.94 bits per heavy atom. The fourth-order valence-corrected chi connectivity index (χ4v) is 3.01. The third-order valence-corrected chi connectivity index (χ3v) is 3.94. The van der Waals surface area contributed by atoms with E-state index < -0.39 is 0 Å². The molecule has 1 heterocycles. The molecule has 0 bridgehead atoms. The molecule has 1 aliphatic rings. The molecule has 0 unspecified atom stereocenters. The van der Waals surface area contributed by atoms with E-state index in [2.05, 4.69) is 59.8 Å². The van der Waals surface area contributed by atoms with E-state index in [-0.39, 0.29) is 0 Å². The number of hydrogen-bond donors (Lipinski definition) is 0. The lowest BCUT2D eigenvalue weighted by atomic mass is 10.2. The summed E-state index contributed by atoms with van der Waals surface area (Å²) in [5.74, 6) is 0. The van der Waals surface area contributed by atoms with Crippen LogP contribution in [0.15, 0.2) is 53.4 Å². The van der Waals surface area contributed by atoms with Crippen molar-refractivity contribution in [3.63, 3.8) is 0 Å². The maximum Gasteiger partial charge on any atom is 0.0561 e. The predicted octanol–water partition coefficient (Wildman–Crippen LogP) is 4.02. The molecule has 0 aromatic heterocycles. The van der Waals surface area contributed by atoms with E-state index in [1.165, 1.54) is 21.7 Å². The second kappa shape index (κ2) is 3.87. The minimum Gasteiger partial charge on any atom is -0.308 e. The van der Waals surface area contributed by atoms with Gasteiger partial charge in [0, 0.05) is 10.6 Å². The number of hydrogen-bond acceptors (Lipinski definition) is 2. The van der Waals surface area contributed by atoms with Crippen molar-refractivity contribution in [3.8, 4) is 0 Å². The number of fused-ring (bicyclic) bond motifs is 1. The van der Waals surface area contributed by atoms with Gasteiger partial charge in [0.05, 0.1) is 6.54 Å². The van der Waals surface area contributed by atoms with Crippen LogP contribution >= 0.6 is 11.9 Å². The average Bonchev–Trinajstić information content (AvgIpc) is 2.72. The normalized spacial score (nSPS) is 13.9. The summed E-state index contributed by atoms with van der Waals surface area (Å²) in [5.41, 5.74) is 4.03. The minimum atomic E-state index is 1.00. The molecular weight excluding hydrogens is 214 g/mol. The molecule has 1 aliphatic heterocycles.